The van der Waals surface area contributed by atoms with Gasteiger partial charge in [-0.05, 0) is 78.4 Å². The van der Waals surface area contributed by atoms with E-state index in [1.54, 1.807) is 113 Å². The molecular formula is C51H37Cl4FN6O12. The molecule has 23 heteroatoms. The summed E-state index contributed by atoms with van der Waals surface area (Å²) in [4.78, 5) is 69.4. The van der Waals surface area contributed by atoms with Crippen LogP contribution in [0.5, 0.6) is 0 Å². The molecule has 74 heavy (non-hydrogen) atoms. The predicted molar refractivity (Wildman–Crippen MR) is 276 cm³/mol. The predicted octanol–water partition coefficient (Wildman–Crippen LogP) is 12.7. The smallest absolute Gasteiger partial charge is 0.333 e. The van der Waals surface area contributed by atoms with E-state index in [-0.39, 0.29) is 22.1 Å². The van der Waals surface area contributed by atoms with Gasteiger partial charge in [-0.2, -0.15) is 0 Å². The topological polar surface area (TPSA) is 223 Å². The summed E-state index contributed by atoms with van der Waals surface area (Å²) in [6.07, 6.45) is 4.79. The molecule has 3 unspecified atom stereocenters. The highest BCUT2D eigenvalue weighted by molar-refractivity contribution is 6.35. The fraction of sp³-hybridized carbons (Fsp3) is 0.118. The van der Waals surface area contributed by atoms with Gasteiger partial charge in [-0.25, -0.2) is 18.8 Å². The van der Waals surface area contributed by atoms with Gasteiger partial charge in [-0.3, -0.25) is 30.3 Å². The molecule has 3 aromatic heterocycles. The van der Waals surface area contributed by atoms with Crippen molar-refractivity contribution in [2.45, 2.75) is 18.1 Å². The number of fused-ring (bicyclic) bond motifs is 3. The van der Waals surface area contributed by atoms with Crippen LogP contribution in [0.3, 0.4) is 0 Å². The summed E-state index contributed by atoms with van der Waals surface area (Å²) in [5.74, 6) is -2.18. The number of aromatic nitrogens is 3. The number of benzene rings is 6. The van der Waals surface area contributed by atoms with Crippen LogP contribution in [0, 0.1) is 36.2 Å². The molecule has 0 fully saturated rings. The Morgan fingerprint density at radius 3 is 1.19 bits per heavy atom. The number of carbonyl (C=O) groups excluding carboxylic acids is 3. The molecule has 0 aliphatic rings. The molecule has 3 heterocycles. The second-order valence-corrected chi connectivity index (χ2v) is 17.4. The van der Waals surface area contributed by atoms with E-state index in [4.69, 9.17) is 60.6 Å². The third-order valence-electron chi connectivity index (χ3n) is 11.6. The van der Waals surface area contributed by atoms with E-state index in [1.165, 1.54) is 68.4 Å². The van der Waals surface area contributed by atoms with E-state index in [9.17, 15) is 49.1 Å². The first-order valence-electron chi connectivity index (χ1n) is 21.5. The first kappa shape index (κ1) is 53.4. The Morgan fingerprint density at radius 1 is 0.473 bits per heavy atom. The van der Waals surface area contributed by atoms with Crippen LogP contribution in [0.15, 0.2) is 152 Å². The highest BCUT2D eigenvalue weighted by Gasteiger charge is 2.31. The van der Waals surface area contributed by atoms with Gasteiger partial charge in [0.05, 0.1) is 68.8 Å². The maximum atomic E-state index is 13.3. The largest absolute Gasteiger partial charge is 0.467 e. The molecule has 9 aromatic rings. The molecule has 0 aliphatic carbocycles. The van der Waals surface area contributed by atoms with E-state index < -0.39 is 56.6 Å². The zero-order valence-electron chi connectivity index (χ0n) is 38.6. The zero-order valence-corrected chi connectivity index (χ0v) is 41.7. The highest BCUT2D eigenvalue weighted by Crippen LogP contribution is 2.37. The summed E-state index contributed by atoms with van der Waals surface area (Å²) in [5.41, 5.74) is 2.93. The van der Waals surface area contributed by atoms with E-state index in [2.05, 4.69) is 0 Å². The molecule has 9 rings (SSSR count). The van der Waals surface area contributed by atoms with Crippen molar-refractivity contribution >= 4 is 114 Å². The van der Waals surface area contributed by atoms with Crippen molar-refractivity contribution in [2.75, 3.05) is 21.3 Å². The van der Waals surface area contributed by atoms with Crippen LogP contribution >= 0.6 is 46.4 Å². The van der Waals surface area contributed by atoms with Crippen molar-refractivity contribution in [3.05, 3.63) is 225 Å². The lowest BCUT2D eigenvalue weighted by atomic mass is 10.1. The zero-order chi connectivity index (χ0) is 53.5. The molecule has 3 atom stereocenters. The molecule has 0 amide bonds. The standard InChI is InChI=1S/C17H12Cl2N2O4.C17H12ClFN2O4.C17H13ClN2O4/c1-25-17(22)16(11-6-5-10(18)9-13(11)19)20-8-7-12-14(20)3-2-4-15(12)21(23)24;1-25-17(22)16(11-6-5-10(19)9-13(11)18)20-8-7-12-14(20)3-2-4-15(12)21(23)24;1-24-17(21)16(11-5-7-12(18)8-6-11)19-10-9-13-14(19)3-2-4-15(13)20(22)23/h2*2-9,16H,1H3;2-10,16H,1H3. The van der Waals surface area contributed by atoms with Crippen molar-refractivity contribution in [1.82, 2.24) is 13.7 Å². The highest BCUT2D eigenvalue weighted by atomic mass is 35.5. The van der Waals surface area contributed by atoms with Crippen LogP contribution in [-0.2, 0) is 28.6 Å². The molecule has 6 aromatic carbocycles. The third-order valence-corrected chi connectivity index (χ3v) is 12.8. The van der Waals surface area contributed by atoms with Crippen LogP contribution in [0.4, 0.5) is 21.5 Å². The lowest BCUT2D eigenvalue weighted by molar-refractivity contribution is -0.383. The summed E-state index contributed by atoms with van der Waals surface area (Å²) in [7, 11) is 3.80. The van der Waals surface area contributed by atoms with Gasteiger partial charge in [0.1, 0.15) is 5.82 Å². The first-order chi connectivity index (χ1) is 35.4. The SMILES string of the molecule is COC(=O)C(c1ccc(Cl)cc1)n1ccc2c([N+](=O)[O-])cccc21.COC(=O)C(c1ccc(Cl)cc1Cl)n1ccc2c([N+](=O)[O-])cccc21.COC(=O)C(c1ccc(F)cc1Cl)n1ccc2c([N+](=O)[O-])cccc21. The lowest BCUT2D eigenvalue weighted by Gasteiger charge is -2.19. The summed E-state index contributed by atoms with van der Waals surface area (Å²) >= 11 is 24.2. The number of hydrogen-bond donors (Lipinski definition) is 0. The van der Waals surface area contributed by atoms with E-state index in [1.807, 2.05) is 0 Å². The molecule has 18 nitrogen and oxygen atoms in total. The number of ether oxygens (including phenoxy) is 3. The average Bonchev–Trinajstić information content (AvgIpc) is 4.14. The number of hydrogen-bond acceptors (Lipinski definition) is 12. The fourth-order valence-corrected chi connectivity index (χ4v) is 9.20. The van der Waals surface area contributed by atoms with Crippen LogP contribution in [0.1, 0.15) is 34.8 Å². The van der Waals surface area contributed by atoms with Crippen LogP contribution in [0.2, 0.25) is 20.1 Å². The molecule has 0 saturated carbocycles. The molecule has 0 spiro atoms. The Labute approximate surface area is 437 Å². The van der Waals surface area contributed by atoms with Gasteiger partial charge in [-0.1, -0.05) is 88.9 Å². The van der Waals surface area contributed by atoms with Gasteiger partial charge >= 0.3 is 17.9 Å². The number of carbonyl (C=O) groups is 3. The Balaban J connectivity index is 0.000000162. The molecular weight excluding hydrogens is 1050 g/mol. The summed E-state index contributed by atoms with van der Waals surface area (Å²) < 4.78 is 32.8. The van der Waals surface area contributed by atoms with Crippen molar-refractivity contribution in [3.8, 4) is 0 Å². The minimum absolute atomic E-state index is 0.00836. The number of non-ortho nitro benzene ring substituents is 3. The van der Waals surface area contributed by atoms with Crippen molar-refractivity contribution < 1.29 is 47.8 Å². The quantitative estimate of drug-likeness (QED) is 0.0482. The van der Waals surface area contributed by atoms with Gasteiger partial charge in [0.2, 0.25) is 0 Å². The molecule has 0 saturated heterocycles. The van der Waals surface area contributed by atoms with Gasteiger partial charge in [0.25, 0.3) is 17.1 Å². The van der Waals surface area contributed by atoms with Gasteiger partial charge in [0.15, 0.2) is 18.1 Å². The van der Waals surface area contributed by atoms with Gasteiger partial charge in [-0.15, -0.1) is 0 Å². The van der Waals surface area contributed by atoms with Crippen molar-refractivity contribution in [1.29, 1.82) is 0 Å². The maximum absolute atomic E-state index is 13.3. The Hall–Kier alpha value is -8.36. The number of nitro benzene ring substituents is 3. The third kappa shape index (κ3) is 11.0. The fourth-order valence-electron chi connectivity index (χ4n) is 8.29. The van der Waals surface area contributed by atoms with Crippen molar-refractivity contribution in [2.24, 2.45) is 0 Å². The Morgan fingerprint density at radius 2 is 0.824 bits per heavy atom. The monoisotopic (exact) mass is 1080 g/mol. The van der Waals surface area contributed by atoms with Crippen LogP contribution < -0.4 is 0 Å². The van der Waals surface area contributed by atoms with Crippen molar-refractivity contribution in [3.63, 3.8) is 0 Å². The van der Waals surface area contributed by atoms with Crippen LogP contribution in [0.25, 0.3) is 32.7 Å². The molecule has 0 bridgehead atoms. The second-order valence-electron chi connectivity index (χ2n) is 15.7. The Kier molecular flexibility index (Phi) is 16.6. The maximum Gasteiger partial charge on any atom is 0.333 e. The number of nitrogens with zero attached hydrogens (tertiary/aromatic N) is 6. The van der Waals surface area contributed by atoms with E-state index in [0.29, 0.717) is 64.5 Å². The molecule has 378 valence electrons. The van der Waals surface area contributed by atoms with Crippen LogP contribution in [-0.4, -0.2) is 67.7 Å². The summed E-state index contributed by atoms with van der Waals surface area (Å²) in [6.45, 7) is 0. The molecule has 0 radical (unpaired) electrons. The number of rotatable bonds is 12. The number of methoxy groups -OCH3 is 3. The number of halogens is 5. The second kappa shape index (κ2) is 23.0. The average molecular weight is 1090 g/mol. The number of esters is 3. The molecule has 0 aliphatic heterocycles. The minimum atomic E-state index is -1.00. The van der Waals surface area contributed by atoms with E-state index in [0.717, 1.165) is 6.07 Å². The molecule has 0 N–H and O–H groups in total. The normalized spacial score (nSPS) is 12.1. The van der Waals surface area contributed by atoms with Gasteiger partial charge in [0, 0.05) is 68.0 Å². The Bertz CT molecular complexity index is 3480. The van der Waals surface area contributed by atoms with Gasteiger partial charge < -0.3 is 27.9 Å². The van der Waals surface area contributed by atoms with E-state index >= 15 is 0 Å². The summed E-state index contributed by atoms with van der Waals surface area (Å²) in [6, 6.07) is 31.4. The first-order valence-corrected chi connectivity index (χ1v) is 23.0. The number of nitro groups is 3. The summed E-state index contributed by atoms with van der Waals surface area (Å²) in [5, 5.41) is 36.2. The lowest BCUT2D eigenvalue weighted by Crippen LogP contribution is -2.22. The minimum Gasteiger partial charge on any atom is -0.467 e.